The van der Waals surface area contributed by atoms with Crippen LogP contribution in [0.4, 0.5) is 0 Å². The maximum Gasteiger partial charge on any atom is 0.130 e. The van der Waals surface area contributed by atoms with Gasteiger partial charge in [0.2, 0.25) is 0 Å². The molecule has 0 radical (unpaired) electrons. The second-order valence-electron chi connectivity index (χ2n) is 5.57. The Morgan fingerprint density at radius 3 is 1.40 bits per heavy atom. The molecule has 108 valence electrons. The van der Waals surface area contributed by atoms with Crippen molar-refractivity contribution in [3.63, 3.8) is 0 Å². The number of aryl methyl sites for hydroxylation is 3. The van der Waals surface area contributed by atoms with Gasteiger partial charge in [0, 0.05) is 5.39 Å². The molecular formula is C18H24O2. The summed E-state index contributed by atoms with van der Waals surface area (Å²) >= 11 is 0. The van der Waals surface area contributed by atoms with E-state index in [-0.39, 0.29) is 0 Å². The molecule has 0 aliphatic heterocycles. The second kappa shape index (κ2) is 5.01. The van der Waals surface area contributed by atoms with Gasteiger partial charge in [0.1, 0.15) is 11.5 Å². The van der Waals surface area contributed by atoms with Gasteiger partial charge in [-0.3, -0.25) is 0 Å². The van der Waals surface area contributed by atoms with Crippen LogP contribution < -0.4 is 9.47 Å². The summed E-state index contributed by atoms with van der Waals surface area (Å²) in [6, 6.07) is 0. The lowest BCUT2D eigenvalue weighted by molar-refractivity contribution is 0.408. The third-order valence-electron chi connectivity index (χ3n) is 4.72. The lowest BCUT2D eigenvalue weighted by Gasteiger charge is -2.22. The van der Waals surface area contributed by atoms with E-state index in [1.54, 1.807) is 14.2 Å². The predicted octanol–water partition coefficient (Wildman–Crippen LogP) is 4.71. The fourth-order valence-corrected chi connectivity index (χ4v) is 3.27. The van der Waals surface area contributed by atoms with Crippen molar-refractivity contribution >= 4 is 10.8 Å². The molecule has 0 spiro atoms. The molecule has 0 aliphatic carbocycles. The maximum atomic E-state index is 5.72. The molecule has 2 aromatic rings. The monoisotopic (exact) mass is 272 g/mol. The Kier molecular flexibility index (Phi) is 3.68. The van der Waals surface area contributed by atoms with Gasteiger partial charge in [0.15, 0.2) is 0 Å². The topological polar surface area (TPSA) is 18.5 Å². The standard InChI is InChI=1S/C18H24O2/c1-9-10(2)15-14(6)17(19-7)13(5)11(3)16(15)18(20-8)12(9)4/h1-8H3. The van der Waals surface area contributed by atoms with Gasteiger partial charge < -0.3 is 9.47 Å². The van der Waals surface area contributed by atoms with Crippen LogP contribution in [0, 0.1) is 41.5 Å². The Labute approximate surface area is 121 Å². The molecule has 2 aromatic carbocycles. The average Bonchev–Trinajstić information content (AvgIpc) is 2.42. The van der Waals surface area contributed by atoms with Crippen molar-refractivity contribution < 1.29 is 9.47 Å². The molecule has 0 bridgehead atoms. The minimum absolute atomic E-state index is 0.989. The molecule has 0 saturated carbocycles. The van der Waals surface area contributed by atoms with Crippen molar-refractivity contribution in [1.82, 2.24) is 0 Å². The molecule has 0 unspecified atom stereocenters. The van der Waals surface area contributed by atoms with E-state index in [0.717, 1.165) is 11.5 Å². The molecule has 0 heterocycles. The van der Waals surface area contributed by atoms with Crippen LogP contribution in [0.2, 0.25) is 0 Å². The minimum atomic E-state index is 0.989. The molecule has 2 heteroatoms. The summed E-state index contributed by atoms with van der Waals surface area (Å²) in [6.07, 6.45) is 0. The summed E-state index contributed by atoms with van der Waals surface area (Å²) in [5.41, 5.74) is 7.47. The number of benzene rings is 2. The highest BCUT2D eigenvalue weighted by Crippen LogP contribution is 2.43. The number of ether oxygens (including phenoxy) is 2. The van der Waals surface area contributed by atoms with Crippen molar-refractivity contribution in [2.24, 2.45) is 0 Å². The summed E-state index contributed by atoms with van der Waals surface area (Å²) in [4.78, 5) is 0. The average molecular weight is 272 g/mol. The first-order chi connectivity index (χ1) is 9.36. The highest BCUT2D eigenvalue weighted by atomic mass is 16.5. The van der Waals surface area contributed by atoms with Gasteiger partial charge in [-0.2, -0.15) is 0 Å². The van der Waals surface area contributed by atoms with Gasteiger partial charge in [-0.25, -0.2) is 0 Å². The fourth-order valence-electron chi connectivity index (χ4n) is 3.27. The zero-order valence-corrected chi connectivity index (χ0v) is 13.8. The van der Waals surface area contributed by atoms with E-state index in [2.05, 4.69) is 41.5 Å². The second-order valence-corrected chi connectivity index (χ2v) is 5.57. The Morgan fingerprint density at radius 1 is 0.450 bits per heavy atom. The molecule has 0 aromatic heterocycles. The molecule has 2 rings (SSSR count). The van der Waals surface area contributed by atoms with Gasteiger partial charge in [-0.1, -0.05) is 0 Å². The van der Waals surface area contributed by atoms with E-state index in [9.17, 15) is 0 Å². The van der Waals surface area contributed by atoms with Gasteiger partial charge in [0.05, 0.1) is 14.2 Å². The molecule has 2 nitrogen and oxygen atoms in total. The lowest BCUT2D eigenvalue weighted by atomic mass is 9.87. The molecule has 0 N–H and O–H groups in total. The van der Waals surface area contributed by atoms with Crippen molar-refractivity contribution in [3.8, 4) is 11.5 Å². The van der Waals surface area contributed by atoms with Crippen molar-refractivity contribution in [3.05, 3.63) is 33.4 Å². The van der Waals surface area contributed by atoms with Crippen molar-refractivity contribution in [2.45, 2.75) is 41.5 Å². The number of fused-ring (bicyclic) bond motifs is 1. The van der Waals surface area contributed by atoms with E-state index in [4.69, 9.17) is 9.47 Å². The number of methoxy groups -OCH3 is 2. The number of hydrogen-bond donors (Lipinski definition) is 0. The Bertz CT molecular complexity index is 697. The Hall–Kier alpha value is -1.70. The first kappa shape index (κ1) is 14.7. The van der Waals surface area contributed by atoms with Crippen LogP contribution in [-0.4, -0.2) is 14.2 Å². The highest BCUT2D eigenvalue weighted by molar-refractivity contribution is 6.00. The van der Waals surface area contributed by atoms with Gasteiger partial charge in [-0.15, -0.1) is 0 Å². The fraction of sp³-hybridized carbons (Fsp3) is 0.444. The normalized spacial score (nSPS) is 11.0. The quantitative estimate of drug-likeness (QED) is 0.788. The Balaban J connectivity index is 3.18. The van der Waals surface area contributed by atoms with Crippen LogP contribution in [0.1, 0.15) is 33.4 Å². The molecular weight excluding hydrogens is 248 g/mol. The molecule has 0 amide bonds. The summed E-state index contributed by atoms with van der Waals surface area (Å²) < 4.78 is 11.3. The molecule has 0 fully saturated rings. The van der Waals surface area contributed by atoms with E-state index < -0.39 is 0 Å². The molecule has 0 aliphatic rings. The Morgan fingerprint density at radius 2 is 0.900 bits per heavy atom. The van der Waals surface area contributed by atoms with Gasteiger partial charge in [-0.05, 0) is 80.3 Å². The third-order valence-corrected chi connectivity index (χ3v) is 4.72. The molecule has 0 atom stereocenters. The van der Waals surface area contributed by atoms with Crippen LogP contribution in [0.5, 0.6) is 11.5 Å². The van der Waals surface area contributed by atoms with Crippen LogP contribution in [-0.2, 0) is 0 Å². The first-order valence-electron chi connectivity index (χ1n) is 6.97. The first-order valence-corrected chi connectivity index (χ1v) is 6.97. The largest absolute Gasteiger partial charge is 0.496 e. The van der Waals surface area contributed by atoms with Crippen LogP contribution in [0.15, 0.2) is 0 Å². The van der Waals surface area contributed by atoms with Crippen LogP contribution >= 0.6 is 0 Å². The molecule has 20 heavy (non-hydrogen) atoms. The third kappa shape index (κ3) is 1.78. The summed E-state index contributed by atoms with van der Waals surface area (Å²) in [7, 11) is 3.50. The summed E-state index contributed by atoms with van der Waals surface area (Å²) in [6.45, 7) is 12.9. The SMILES string of the molecule is COc1c(C)c(C)c2c(OC)c(C)c(C)c(C)c2c1C. The zero-order chi connectivity index (χ0) is 15.2. The predicted molar refractivity (Wildman–Crippen MR) is 85.5 cm³/mol. The van der Waals surface area contributed by atoms with E-state index >= 15 is 0 Å². The zero-order valence-electron chi connectivity index (χ0n) is 13.8. The minimum Gasteiger partial charge on any atom is -0.496 e. The van der Waals surface area contributed by atoms with Crippen molar-refractivity contribution in [1.29, 1.82) is 0 Å². The van der Waals surface area contributed by atoms with E-state index in [1.807, 2.05) is 0 Å². The maximum absolute atomic E-state index is 5.72. The smallest absolute Gasteiger partial charge is 0.130 e. The van der Waals surface area contributed by atoms with Crippen molar-refractivity contribution in [2.75, 3.05) is 14.2 Å². The van der Waals surface area contributed by atoms with Crippen LogP contribution in [0.3, 0.4) is 0 Å². The van der Waals surface area contributed by atoms with Gasteiger partial charge >= 0.3 is 0 Å². The van der Waals surface area contributed by atoms with Crippen LogP contribution in [0.25, 0.3) is 10.8 Å². The number of rotatable bonds is 2. The summed E-state index contributed by atoms with van der Waals surface area (Å²) in [5, 5.41) is 2.49. The summed E-state index contributed by atoms with van der Waals surface area (Å²) in [5.74, 6) is 1.98. The van der Waals surface area contributed by atoms with E-state index in [0.29, 0.717) is 0 Å². The number of hydrogen-bond acceptors (Lipinski definition) is 2. The highest BCUT2D eigenvalue weighted by Gasteiger charge is 2.20. The lowest BCUT2D eigenvalue weighted by Crippen LogP contribution is -2.02. The van der Waals surface area contributed by atoms with Gasteiger partial charge in [0.25, 0.3) is 0 Å². The van der Waals surface area contributed by atoms with E-state index in [1.165, 1.54) is 44.2 Å². The molecule has 0 saturated heterocycles.